The second-order valence-electron chi connectivity index (χ2n) is 6.93. The van der Waals surface area contributed by atoms with Crippen molar-refractivity contribution < 1.29 is 9.53 Å². The number of ether oxygens (including phenoxy) is 1. The zero-order chi connectivity index (χ0) is 15.0. The Labute approximate surface area is 124 Å². The number of carbonyl (C=O) groups excluding carboxylic acids is 1. The van der Waals surface area contributed by atoms with Crippen LogP contribution in [0.25, 0.3) is 0 Å². The highest BCUT2D eigenvalue weighted by Gasteiger charge is 2.21. The summed E-state index contributed by atoms with van der Waals surface area (Å²) in [6, 6.07) is 0. The molecule has 1 aliphatic heterocycles. The van der Waals surface area contributed by atoms with Gasteiger partial charge in [0.1, 0.15) is 0 Å². The topological polar surface area (TPSA) is 32.8 Å². The zero-order valence-electron chi connectivity index (χ0n) is 13.8. The molecule has 0 aromatic rings. The van der Waals surface area contributed by atoms with Gasteiger partial charge in [-0.1, -0.05) is 34.1 Å². The number of unbranched alkanes of at least 4 members (excludes halogenated alkanes) is 1. The quantitative estimate of drug-likeness (QED) is 0.719. The van der Waals surface area contributed by atoms with E-state index in [1.165, 1.54) is 0 Å². The van der Waals surface area contributed by atoms with E-state index in [1.54, 1.807) is 0 Å². The van der Waals surface area contributed by atoms with E-state index in [9.17, 15) is 4.79 Å². The summed E-state index contributed by atoms with van der Waals surface area (Å²) in [6.07, 6.45) is 2.87. The van der Waals surface area contributed by atoms with Crippen LogP contribution in [0.2, 0.25) is 0 Å². The van der Waals surface area contributed by atoms with Crippen molar-refractivity contribution in [1.29, 1.82) is 0 Å². The minimum absolute atomic E-state index is 0.0700. The summed E-state index contributed by atoms with van der Waals surface area (Å²) in [7, 11) is 0. The van der Waals surface area contributed by atoms with E-state index in [1.807, 2.05) is 0 Å². The number of hydrogen-bond donors (Lipinski definition) is 0. The summed E-state index contributed by atoms with van der Waals surface area (Å²) >= 11 is 0. The molecule has 1 saturated heterocycles. The van der Waals surface area contributed by atoms with Gasteiger partial charge in [0.15, 0.2) is 0 Å². The summed E-state index contributed by atoms with van der Waals surface area (Å²) in [5, 5.41) is 0. The Morgan fingerprint density at radius 3 is 2.40 bits per heavy atom. The van der Waals surface area contributed by atoms with Gasteiger partial charge in [-0.3, -0.25) is 9.69 Å². The molecule has 0 unspecified atom stereocenters. The van der Waals surface area contributed by atoms with Gasteiger partial charge in [0.25, 0.3) is 0 Å². The van der Waals surface area contributed by atoms with Crippen LogP contribution >= 0.6 is 0 Å². The lowest BCUT2D eigenvalue weighted by atomic mass is 9.91. The van der Waals surface area contributed by atoms with E-state index in [-0.39, 0.29) is 5.41 Å². The lowest BCUT2D eigenvalue weighted by Gasteiger charge is -2.31. The molecule has 1 aliphatic rings. The van der Waals surface area contributed by atoms with Gasteiger partial charge in [0.2, 0.25) is 5.91 Å². The molecule has 0 N–H and O–H groups in total. The summed E-state index contributed by atoms with van der Waals surface area (Å²) in [6.45, 7) is 14.9. The molecule has 1 heterocycles. The van der Waals surface area contributed by atoms with Gasteiger partial charge in [-0.15, -0.1) is 0 Å². The molecule has 0 aromatic carbocycles. The first-order valence-electron chi connectivity index (χ1n) is 8.00. The van der Waals surface area contributed by atoms with Gasteiger partial charge >= 0.3 is 0 Å². The molecule has 0 atom stereocenters. The van der Waals surface area contributed by atoms with Crippen LogP contribution < -0.4 is 0 Å². The van der Waals surface area contributed by atoms with Crippen LogP contribution in [0.5, 0.6) is 0 Å². The third kappa shape index (κ3) is 7.25. The molecule has 0 radical (unpaired) electrons. The van der Waals surface area contributed by atoms with Crippen LogP contribution in [0.3, 0.4) is 0 Å². The Hall–Kier alpha value is -0.610. The molecule has 0 saturated carbocycles. The Kier molecular flexibility index (Phi) is 7.52. The normalized spacial score (nSPS) is 17.2. The molecule has 1 fully saturated rings. The van der Waals surface area contributed by atoms with Crippen LogP contribution in [-0.4, -0.2) is 61.6 Å². The van der Waals surface area contributed by atoms with Crippen LogP contribution in [0.1, 0.15) is 47.0 Å². The maximum absolute atomic E-state index is 12.4. The highest BCUT2D eigenvalue weighted by molar-refractivity contribution is 5.76. The lowest BCUT2D eigenvalue weighted by Crippen LogP contribution is -2.44. The van der Waals surface area contributed by atoms with Gasteiger partial charge < -0.3 is 9.64 Å². The van der Waals surface area contributed by atoms with Gasteiger partial charge in [0.05, 0.1) is 13.2 Å². The van der Waals surface area contributed by atoms with E-state index >= 15 is 0 Å². The third-order valence-corrected chi connectivity index (χ3v) is 3.61. The SMILES string of the molecule is CCCCN(CCN1CCOCC1)C(=O)CC(C)(C)C. The van der Waals surface area contributed by atoms with Crippen LogP contribution in [0, 0.1) is 5.41 Å². The van der Waals surface area contributed by atoms with Crippen molar-refractivity contribution in [2.75, 3.05) is 45.9 Å². The average Bonchev–Trinajstić information content (AvgIpc) is 2.38. The maximum atomic E-state index is 12.4. The molecular weight excluding hydrogens is 252 g/mol. The summed E-state index contributed by atoms with van der Waals surface area (Å²) < 4.78 is 5.36. The van der Waals surface area contributed by atoms with Crippen molar-refractivity contribution in [3.05, 3.63) is 0 Å². The minimum Gasteiger partial charge on any atom is -0.379 e. The average molecular weight is 284 g/mol. The van der Waals surface area contributed by atoms with Crippen LogP contribution in [-0.2, 0) is 9.53 Å². The monoisotopic (exact) mass is 284 g/mol. The molecule has 118 valence electrons. The second kappa shape index (κ2) is 8.63. The fraction of sp³-hybridized carbons (Fsp3) is 0.938. The van der Waals surface area contributed by atoms with Crippen molar-refractivity contribution in [1.82, 2.24) is 9.80 Å². The molecule has 4 heteroatoms. The fourth-order valence-corrected chi connectivity index (χ4v) is 2.36. The van der Waals surface area contributed by atoms with Crippen molar-refractivity contribution in [2.45, 2.75) is 47.0 Å². The predicted molar refractivity (Wildman–Crippen MR) is 82.8 cm³/mol. The van der Waals surface area contributed by atoms with Crippen molar-refractivity contribution in [3.8, 4) is 0 Å². The first kappa shape index (κ1) is 17.4. The summed E-state index contributed by atoms with van der Waals surface area (Å²) in [5.41, 5.74) is 0.0700. The van der Waals surface area contributed by atoms with E-state index in [0.29, 0.717) is 12.3 Å². The molecule has 4 nitrogen and oxygen atoms in total. The fourth-order valence-electron chi connectivity index (χ4n) is 2.36. The van der Waals surface area contributed by atoms with Gasteiger partial charge in [-0.2, -0.15) is 0 Å². The molecule has 20 heavy (non-hydrogen) atoms. The first-order valence-corrected chi connectivity index (χ1v) is 8.00. The molecule has 0 aromatic heterocycles. The number of carbonyl (C=O) groups is 1. The molecular formula is C16H32N2O2. The number of nitrogens with zero attached hydrogens (tertiary/aromatic N) is 2. The van der Waals surface area contributed by atoms with E-state index in [2.05, 4.69) is 37.5 Å². The number of amides is 1. The number of morpholine rings is 1. The Morgan fingerprint density at radius 2 is 1.85 bits per heavy atom. The summed E-state index contributed by atoms with van der Waals surface area (Å²) in [4.78, 5) is 16.9. The third-order valence-electron chi connectivity index (χ3n) is 3.61. The lowest BCUT2D eigenvalue weighted by molar-refractivity contribution is -0.133. The standard InChI is InChI=1S/C16H32N2O2/c1-5-6-7-18(15(19)14-16(2,3)4)9-8-17-10-12-20-13-11-17/h5-14H2,1-4H3. The molecule has 0 bridgehead atoms. The number of hydrogen-bond acceptors (Lipinski definition) is 3. The molecule has 0 spiro atoms. The van der Waals surface area contributed by atoms with Crippen molar-refractivity contribution >= 4 is 5.91 Å². The van der Waals surface area contributed by atoms with Crippen LogP contribution in [0.15, 0.2) is 0 Å². The second-order valence-corrected chi connectivity index (χ2v) is 6.93. The molecule has 1 rings (SSSR count). The van der Waals surface area contributed by atoms with Crippen molar-refractivity contribution in [3.63, 3.8) is 0 Å². The zero-order valence-corrected chi connectivity index (χ0v) is 13.8. The maximum Gasteiger partial charge on any atom is 0.223 e. The predicted octanol–water partition coefficient (Wildman–Crippen LogP) is 2.38. The van der Waals surface area contributed by atoms with E-state index in [0.717, 1.165) is 58.8 Å². The largest absolute Gasteiger partial charge is 0.379 e. The highest BCUT2D eigenvalue weighted by Crippen LogP contribution is 2.20. The number of rotatable bonds is 7. The van der Waals surface area contributed by atoms with E-state index in [4.69, 9.17) is 4.74 Å². The van der Waals surface area contributed by atoms with Gasteiger partial charge in [-0.05, 0) is 11.8 Å². The Morgan fingerprint density at radius 1 is 1.20 bits per heavy atom. The molecule has 1 amide bonds. The highest BCUT2D eigenvalue weighted by atomic mass is 16.5. The molecule has 0 aliphatic carbocycles. The Balaban J connectivity index is 2.43. The first-order chi connectivity index (χ1) is 9.42. The van der Waals surface area contributed by atoms with Gasteiger partial charge in [0, 0.05) is 39.1 Å². The smallest absolute Gasteiger partial charge is 0.223 e. The van der Waals surface area contributed by atoms with Crippen LogP contribution in [0.4, 0.5) is 0 Å². The van der Waals surface area contributed by atoms with E-state index < -0.39 is 0 Å². The minimum atomic E-state index is 0.0700. The van der Waals surface area contributed by atoms with Gasteiger partial charge in [-0.25, -0.2) is 0 Å². The van der Waals surface area contributed by atoms with Crippen molar-refractivity contribution in [2.24, 2.45) is 5.41 Å². The summed E-state index contributed by atoms with van der Waals surface area (Å²) in [5.74, 6) is 0.305. The Bertz CT molecular complexity index is 281.